The van der Waals surface area contributed by atoms with Crippen molar-refractivity contribution in [3.63, 3.8) is 0 Å². The third-order valence-corrected chi connectivity index (χ3v) is 5.51. The summed E-state index contributed by atoms with van der Waals surface area (Å²) in [6.07, 6.45) is 14.9. The van der Waals surface area contributed by atoms with Crippen molar-refractivity contribution in [2.75, 3.05) is 38.2 Å². The van der Waals surface area contributed by atoms with E-state index in [0.29, 0.717) is 5.54 Å². The Hall–Kier alpha value is 0.270. The molecule has 0 atom stereocenters. The molecule has 1 aliphatic carbocycles. The number of nitrogens with one attached hydrogen (secondary N) is 1. The van der Waals surface area contributed by atoms with Gasteiger partial charge in [-0.05, 0) is 63.7 Å². The molecule has 1 spiro atoms. The van der Waals surface area contributed by atoms with E-state index in [1.165, 1.54) is 89.7 Å². The zero-order valence-electron chi connectivity index (χ0n) is 12.8. The van der Waals surface area contributed by atoms with Gasteiger partial charge in [0, 0.05) is 12.1 Å². The summed E-state index contributed by atoms with van der Waals surface area (Å²) < 4.78 is 0. The van der Waals surface area contributed by atoms with E-state index in [-0.39, 0.29) is 0 Å². The van der Waals surface area contributed by atoms with Crippen molar-refractivity contribution in [3.8, 4) is 0 Å². The van der Waals surface area contributed by atoms with Gasteiger partial charge < -0.3 is 10.2 Å². The summed E-state index contributed by atoms with van der Waals surface area (Å²) in [6.45, 7) is 5.21. The maximum absolute atomic E-state index is 3.86. The first kappa shape index (κ1) is 15.7. The van der Waals surface area contributed by atoms with Gasteiger partial charge in [-0.15, -0.1) is 0 Å². The average molecular weight is 285 g/mol. The van der Waals surface area contributed by atoms with Crippen molar-refractivity contribution in [3.05, 3.63) is 0 Å². The number of hydrogen-bond donors (Lipinski definition) is 1. The molecule has 2 aliphatic rings. The third-order valence-electron chi connectivity index (χ3n) is 4.81. The minimum Gasteiger partial charge on any atom is -0.310 e. The first-order valence-corrected chi connectivity index (χ1v) is 9.70. The lowest BCUT2D eigenvalue weighted by Crippen LogP contribution is -2.49. The lowest BCUT2D eigenvalue weighted by atomic mass is 9.97. The maximum Gasteiger partial charge on any atom is 0.0308 e. The normalized spacial score (nSPS) is 23.8. The number of hydrogen-bond acceptors (Lipinski definition) is 3. The zero-order valence-corrected chi connectivity index (χ0v) is 13.6. The van der Waals surface area contributed by atoms with Gasteiger partial charge in [0.25, 0.3) is 0 Å². The first-order valence-electron chi connectivity index (χ1n) is 8.31. The summed E-state index contributed by atoms with van der Waals surface area (Å²) >= 11 is 1.98. The SMILES string of the molecule is CSCCCCCCN1CCCNC2(CCCC2)C1. The van der Waals surface area contributed by atoms with Crippen molar-refractivity contribution in [1.82, 2.24) is 10.2 Å². The molecule has 0 amide bonds. The fourth-order valence-corrected chi connectivity index (χ4v) is 4.22. The van der Waals surface area contributed by atoms with E-state index in [9.17, 15) is 0 Å². The smallest absolute Gasteiger partial charge is 0.0308 e. The van der Waals surface area contributed by atoms with Gasteiger partial charge in [0.15, 0.2) is 0 Å². The predicted molar refractivity (Wildman–Crippen MR) is 87.1 cm³/mol. The summed E-state index contributed by atoms with van der Waals surface area (Å²) in [5.74, 6) is 1.34. The Kier molecular flexibility index (Phi) is 7.03. The lowest BCUT2D eigenvalue weighted by molar-refractivity contribution is 0.206. The van der Waals surface area contributed by atoms with Crippen LogP contribution in [0.15, 0.2) is 0 Å². The molecular weight excluding hydrogens is 252 g/mol. The molecule has 1 N–H and O–H groups in total. The van der Waals surface area contributed by atoms with Crippen LogP contribution >= 0.6 is 11.8 Å². The van der Waals surface area contributed by atoms with Gasteiger partial charge in [0.05, 0.1) is 0 Å². The third kappa shape index (κ3) is 5.28. The second-order valence-electron chi connectivity index (χ2n) is 6.45. The van der Waals surface area contributed by atoms with Crippen LogP contribution < -0.4 is 5.32 Å². The highest BCUT2D eigenvalue weighted by Gasteiger charge is 2.35. The summed E-state index contributed by atoms with van der Waals surface area (Å²) in [7, 11) is 0. The Labute approximate surface area is 124 Å². The van der Waals surface area contributed by atoms with Crippen molar-refractivity contribution in [2.24, 2.45) is 0 Å². The van der Waals surface area contributed by atoms with Gasteiger partial charge in [0.2, 0.25) is 0 Å². The summed E-state index contributed by atoms with van der Waals surface area (Å²) in [5.41, 5.74) is 0.495. The van der Waals surface area contributed by atoms with Gasteiger partial charge in [-0.2, -0.15) is 11.8 Å². The predicted octanol–water partition coefficient (Wildman–Crippen LogP) is 3.52. The highest BCUT2D eigenvalue weighted by Crippen LogP contribution is 2.31. The Morgan fingerprint density at radius 1 is 1.05 bits per heavy atom. The molecule has 112 valence electrons. The number of thioether (sulfide) groups is 1. The Bertz CT molecular complexity index is 239. The molecule has 2 rings (SSSR count). The van der Waals surface area contributed by atoms with E-state index in [1.807, 2.05) is 11.8 Å². The van der Waals surface area contributed by atoms with Crippen molar-refractivity contribution in [1.29, 1.82) is 0 Å². The average Bonchev–Trinajstić information content (AvgIpc) is 2.76. The molecule has 0 bridgehead atoms. The standard InChI is InChI=1S/C16H32N2S/c1-19-14-7-3-2-6-12-18-13-8-11-17-16(15-18)9-4-5-10-16/h17H,2-15H2,1H3. The Morgan fingerprint density at radius 2 is 1.84 bits per heavy atom. The molecule has 2 fully saturated rings. The maximum atomic E-state index is 3.86. The van der Waals surface area contributed by atoms with Crippen molar-refractivity contribution < 1.29 is 0 Å². The van der Waals surface area contributed by atoms with E-state index in [4.69, 9.17) is 0 Å². The van der Waals surface area contributed by atoms with Gasteiger partial charge in [-0.3, -0.25) is 0 Å². The first-order chi connectivity index (χ1) is 9.35. The van der Waals surface area contributed by atoms with Crippen LogP contribution in [0.1, 0.15) is 57.8 Å². The second kappa shape index (κ2) is 8.53. The van der Waals surface area contributed by atoms with Crippen LogP contribution in [0.5, 0.6) is 0 Å². The quantitative estimate of drug-likeness (QED) is 0.720. The summed E-state index contributed by atoms with van der Waals surface area (Å²) in [6, 6.07) is 0. The molecule has 0 unspecified atom stereocenters. The Balaban J connectivity index is 1.64. The summed E-state index contributed by atoms with van der Waals surface area (Å²) in [5, 5.41) is 3.86. The molecule has 3 heteroatoms. The van der Waals surface area contributed by atoms with Crippen LogP contribution in [0.3, 0.4) is 0 Å². The van der Waals surface area contributed by atoms with Gasteiger partial charge in [-0.1, -0.05) is 25.7 Å². The largest absolute Gasteiger partial charge is 0.310 e. The minimum absolute atomic E-state index is 0.495. The van der Waals surface area contributed by atoms with Crippen LogP contribution in [0.25, 0.3) is 0 Å². The molecule has 1 aliphatic heterocycles. The Morgan fingerprint density at radius 3 is 2.63 bits per heavy atom. The van der Waals surface area contributed by atoms with E-state index in [1.54, 1.807) is 0 Å². The number of rotatable bonds is 7. The van der Waals surface area contributed by atoms with Crippen LogP contribution in [-0.2, 0) is 0 Å². The van der Waals surface area contributed by atoms with Crippen LogP contribution in [0.2, 0.25) is 0 Å². The van der Waals surface area contributed by atoms with E-state index in [2.05, 4.69) is 16.5 Å². The van der Waals surface area contributed by atoms with Gasteiger partial charge in [-0.25, -0.2) is 0 Å². The topological polar surface area (TPSA) is 15.3 Å². The van der Waals surface area contributed by atoms with E-state index < -0.39 is 0 Å². The van der Waals surface area contributed by atoms with E-state index in [0.717, 1.165) is 0 Å². The fourth-order valence-electron chi connectivity index (χ4n) is 3.73. The van der Waals surface area contributed by atoms with E-state index >= 15 is 0 Å². The van der Waals surface area contributed by atoms with Crippen LogP contribution in [0, 0.1) is 0 Å². The molecule has 0 aromatic rings. The van der Waals surface area contributed by atoms with Crippen LogP contribution in [-0.4, -0.2) is 48.6 Å². The van der Waals surface area contributed by atoms with Gasteiger partial charge >= 0.3 is 0 Å². The van der Waals surface area contributed by atoms with Gasteiger partial charge in [0.1, 0.15) is 0 Å². The molecular formula is C16H32N2S. The highest BCUT2D eigenvalue weighted by atomic mass is 32.2. The molecule has 2 nitrogen and oxygen atoms in total. The number of unbranched alkanes of at least 4 members (excludes halogenated alkanes) is 3. The molecule has 0 aromatic carbocycles. The molecule has 1 saturated heterocycles. The molecule has 19 heavy (non-hydrogen) atoms. The van der Waals surface area contributed by atoms with Crippen molar-refractivity contribution in [2.45, 2.75) is 63.3 Å². The second-order valence-corrected chi connectivity index (χ2v) is 7.44. The van der Waals surface area contributed by atoms with Crippen molar-refractivity contribution >= 4 is 11.8 Å². The zero-order chi connectivity index (χ0) is 13.4. The van der Waals surface area contributed by atoms with Crippen LogP contribution in [0.4, 0.5) is 0 Å². The monoisotopic (exact) mass is 284 g/mol. The fraction of sp³-hybridized carbons (Fsp3) is 1.00. The molecule has 1 heterocycles. The molecule has 1 saturated carbocycles. The lowest BCUT2D eigenvalue weighted by Gasteiger charge is -2.33. The highest BCUT2D eigenvalue weighted by molar-refractivity contribution is 7.98. The number of nitrogens with zero attached hydrogens (tertiary/aromatic N) is 1. The minimum atomic E-state index is 0.495. The molecule has 0 radical (unpaired) electrons. The summed E-state index contributed by atoms with van der Waals surface area (Å²) in [4.78, 5) is 2.75. The molecule has 0 aromatic heterocycles.